The molecule has 0 aromatic heterocycles. The van der Waals surface area contributed by atoms with Crippen molar-refractivity contribution in [3.63, 3.8) is 0 Å². The average Bonchev–Trinajstić information content (AvgIpc) is 2.94. The van der Waals surface area contributed by atoms with Crippen LogP contribution in [-0.4, -0.2) is 38.2 Å². The third kappa shape index (κ3) is 7.62. The van der Waals surface area contributed by atoms with Crippen molar-refractivity contribution in [1.82, 2.24) is 4.90 Å². The van der Waals surface area contributed by atoms with Crippen molar-refractivity contribution in [2.24, 2.45) is 0 Å². The van der Waals surface area contributed by atoms with Gasteiger partial charge in [-0.2, -0.15) is 0 Å². The lowest BCUT2D eigenvalue weighted by atomic mass is 9.85. The van der Waals surface area contributed by atoms with Crippen LogP contribution in [0.1, 0.15) is 68.7 Å². The molecular formula is C32H41FN2O4S. The Morgan fingerprint density at radius 2 is 1.77 bits per heavy atom. The van der Waals surface area contributed by atoms with E-state index in [9.17, 15) is 17.9 Å². The molecule has 0 fully saturated rings. The molecule has 0 radical (unpaired) electrons. The van der Waals surface area contributed by atoms with Crippen LogP contribution in [0.4, 0.5) is 10.1 Å². The Balaban J connectivity index is 1.37. The van der Waals surface area contributed by atoms with Gasteiger partial charge in [-0.1, -0.05) is 70.4 Å². The minimum absolute atomic E-state index is 0.0952. The summed E-state index contributed by atoms with van der Waals surface area (Å²) in [7, 11) is -3.95. The van der Waals surface area contributed by atoms with Crippen LogP contribution in [0.3, 0.4) is 0 Å². The van der Waals surface area contributed by atoms with Crippen LogP contribution in [0.25, 0.3) is 0 Å². The number of hydrogen-bond acceptors (Lipinski definition) is 5. The van der Waals surface area contributed by atoms with Gasteiger partial charge < -0.3 is 9.84 Å². The number of aliphatic hydroxyl groups excluding tert-OH is 1. The molecule has 216 valence electrons. The standard InChI is InChI=1S/C32H41FN2O4S/c1-4-5-6-7-18-39-28-13-15-31(30(33)20-28)34-40(37,38)29-14-10-26-22-35(17-16-25(26)19-29)21-24-8-11-27(12-9-24)32(2,3)23-36/h8-15,19-20,34,36H,4-7,16-18,21-23H2,1-3H3. The number of unbranched alkanes of at least 4 members (excludes halogenated alkanes) is 3. The Kier molecular flexibility index (Phi) is 9.87. The summed E-state index contributed by atoms with van der Waals surface area (Å²) in [4.78, 5) is 2.46. The molecular weight excluding hydrogens is 527 g/mol. The summed E-state index contributed by atoms with van der Waals surface area (Å²) in [6.45, 7) is 9.10. The van der Waals surface area contributed by atoms with Crippen LogP contribution in [0, 0.1) is 5.82 Å². The Bertz CT molecular complexity index is 1390. The van der Waals surface area contributed by atoms with Gasteiger partial charge in [0.25, 0.3) is 10.0 Å². The minimum Gasteiger partial charge on any atom is -0.493 e. The zero-order chi connectivity index (χ0) is 28.8. The summed E-state index contributed by atoms with van der Waals surface area (Å²) in [5.41, 5.74) is 4.01. The molecule has 1 aliphatic heterocycles. The summed E-state index contributed by atoms with van der Waals surface area (Å²) in [6, 6.07) is 17.7. The molecule has 0 atom stereocenters. The van der Waals surface area contributed by atoms with Crippen molar-refractivity contribution in [3.05, 3.63) is 88.7 Å². The zero-order valence-electron chi connectivity index (χ0n) is 23.7. The summed E-state index contributed by atoms with van der Waals surface area (Å²) in [6.07, 6.45) is 4.96. The quantitative estimate of drug-likeness (QED) is 0.233. The van der Waals surface area contributed by atoms with Crippen LogP contribution in [-0.2, 0) is 34.9 Å². The highest BCUT2D eigenvalue weighted by molar-refractivity contribution is 7.92. The summed E-state index contributed by atoms with van der Waals surface area (Å²) < 4.78 is 48.9. The second-order valence-corrected chi connectivity index (χ2v) is 13.0. The highest BCUT2D eigenvalue weighted by Gasteiger charge is 2.23. The van der Waals surface area contributed by atoms with Crippen molar-refractivity contribution in [3.8, 4) is 5.75 Å². The van der Waals surface area contributed by atoms with E-state index in [2.05, 4.69) is 40.8 Å². The number of ether oxygens (including phenoxy) is 1. The Hall–Kier alpha value is -2.94. The largest absolute Gasteiger partial charge is 0.493 e. The number of nitrogens with one attached hydrogen (secondary N) is 1. The molecule has 0 aliphatic carbocycles. The smallest absolute Gasteiger partial charge is 0.261 e. The van der Waals surface area contributed by atoms with Crippen molar-refractivity contribution < 1.29 is 22.7 Å². The molecule has 0 spiro atoms. The lowest BCUT2D eigenvalue weighted by Crippen LogP contribution is -2.30. The van der Waals surface area contributed by atoms with Crippen LogP contribution < -0.4 is 9.46 Å². The van der Waals surface area contributed by atoms with E-state index in [0.29, 0.717) is 12.4 Å². The van der Waals surface area contributed by atoms with Gasteiger partial charge in [0.1, 0.15) is 5.75 Å². The molecule has 8 heteroatoms. The molecule has 1 aliphatic rings. The maximum Gasteiger partial charge on any atom is 0.261 e. The molecule has 0 saturated carbocycles. The van der Waals surface area contributed by atoms with Crippen molar-refractivity contribution >= 4 is 15.7 Å². The van der Waals surface area contributed by atoms with Gasteiger partial charge in [-0.05, 0) is 59.4 Å². The Morgan fingerprint density at radius 1 is 1.00 bits per heavy atom. The summed E-state index contributed by atoms with van der Waals surface area (Å²) in [5, 5.41) is 9.61. The molecule has 0 saturated heterocycles. The maximum atomic E-state index is 14.7. The van der Waals surface area contributed by atoms with E-state index in [0.717, 1.165) is 68.4 Å². The first-order valence-corrected chi connectivity index (χ1v) is 15.6. The molecule has 0 bridgehead atoms. The number of benzene rings is 3. The lowest BCUT2D eigenvalue weighted by molar-refractivity contribution is 0.218. The van der Waals surface area contributed by atoms with E-state index >= 15 is 0 Å². The fourth-order valence-corrected chi connectivity index (χ4v) is 6.01. The van der Waals surface area contributed by atoms with Gasteiger partial charge in [0.2, 0.25) is 0 Å². The van der Waals surface area contributed by atoms with E-state index in [4.69, 9.17) is 4.74 Å². The molecule has 40 heavy (non-hydrogen) atoms. The fourth-order valence-electron chi connectivity index (χ4n) is 4.89. The number of rotatable bonds is 13. The average molecular weight is 569 g/mol. The summed E-state index contributed by atoms with van der Waals surface area (Å²) >= 11 is 0. The van der Waals surface area contributed by atoms with Crippen molar-refractivity contribution in [1.29, 1.82) is 0 Å². The van der Waals surface area contributed by atoms with Crippen LogP contribution in [0.5, 0.6) is 5.75 Å². The number of fused-ring (bicyclic) bond motifs is 1. The predicted molar refractivity (Wildman–Crippen MR) is 158 cm³/mol. The molecule has 3 aromatic rings. The number of anilines is 1. The topological polar surface area (TPSA) is 78.9 Å². The van der Waals surface area contributed by atoms with Crippen molar-refractivity contribution in [2.45, 2.75) is 76.3 Å². The van der Waals surface area contributed by atoms with E-state index in [1.165, 1.54) is 17.7 Å². The van der Waals surface area contributed by atoms with Gasteiger partial charge in [0, 0.05) is 31.1 Å². The second-order valence-electron chi connectivity index (χ2n) is 11.3. The van der Waals surface area contributed by atoms with Gasteiger partial charge in [-0.25, -0.2) is 12.8 Å². The first kappa shape index (κ1) is 30.0. The van der Waals surface area contributed by atoms with Gasteiger partial charge >= 0.3 is 0 Å². The number of nitrogens with zero attached hydrogens (tertiary/aromatic N) is 1. The van der Waals surface area contributed by atoms with Crippen LogP contribution >= 0.6 is 0 Å². The van der Waals surface area contributed by atoms with E-state index in [1.54, 1.807) is 18.2 Å². The van der Waals surface area contributed by atoms with Crippen LogP contribution in [0.2, 0.25) is 0 Å². The van der Waals surface area contributed by atoms with Gasteiger partial charge in [-0.3, -0.25) is 9.62 Å². The molecule has 0 amide bonds. The third-order valence-electron chi connectivity index (χ3n) is 7.57. The highest BCUT2D eigenvalue weighted by Crippen LogP contribution is 2.28. The van der Waals surface area contributed by atoms with Crippen molar-refractivity contribution in [2.75, 3.05) is 24.5 Å². The number of hydrogen-bond donors (Lipinski definition) is 2. The number of sulfonamides is 1. The van der Waals surface area contributed by atoms with E-state index in [-0.39, 0.29) is 22.6 Å². The van der Waals surface area contributed by atoms with Crippen LogP contribution in [0.15, 0.2) is 65.6 Å². The molecule has 2 N–H and O–H groups in total. The number of halogens is 1. The van der Waals surface area contributed by atoms with E-state index < -0.39 is 15.8 Å². The molecule has 0 unspecified atom stereocenters. The van der Waals surface area contributed by atoms with Gasteiger partial charge in [0.15, 0.2) is 5.82 Å². The third-order valence-corrected chi connectivity index (χ3v) is 8.93. The molecule has 6 nitrogen and oxygen atoms in total. The van der Waals surface area contributed by atoms with Gasteiger partial charge in [-0.15, -0.1) is 0 Å². The second kappa shape index (κ2) is 13.1. The minimum atomic E-state index is -3.95. The summed E-state index contributed by atoms with van der Waals surface area (Å²) in [5.74, 6) is -0.281. The normalized spacial score (nSPS) is 14.1. The van der Waals surface area contributed by atoms with E-state index in [1.807, 2.05) is 19.9 Å². The van der Waals surface area contributed by atoms with Gasteiger partial charge in [0.05, 0.1) is 23.8 Å². The maximum absolute atomic E-state index is 14.7. The molecule has 1 heterocycles. The molecule has 4 rings (SSSR count). The first-order valence-electron chi connectivity index (χ1n) is 14.1. The first-order chi connectivity index (χ1) is 19.1. The molecule has 3 aromatic carbocycles. The Labute approximate surface area is 238 Å². The highest BCUT2D eigenvalue weighted by atomic mass is 32.2. The monoisotopic (exact) mass is 568 g/mol. The predicted octanol–water partition coefficient (Wildman–Crippen LogP) is 6.41. The Morgan fingerprint density at radius 3 is 2.48 bits per heavy atom. The zero-order valence-corrected chi connectivity index (χ0v) is 24.6. The SMILES string of the molecule is CCCCCCOc1ccc(NS(=O)(=O)c2ccc3c(c2)CCN(Cc2ccc(C(C)(C)CO)cc2)C3)c(F)c1. The lowest BCUT2D eigenvalue weighted by Gasteiger charge is -2.29. The fraction of sp³-hybridized carbons (Fsp3) is 0.438. The number of aliphatic hydroxyl groups is 1.